The van der Waals surface area contributed by atoms with Crippen LogP contribution in [-0.2, 0) is 6.54 Å². The molecule has 1 saturated heterocycles. The van der Waals surface area contributed by atoms with Crippen LogP contribution in [0.5, 0.6) is 0 Å². The Hall–Kier alpha value is -1.66. The lowest BCUT2D eigenvalue weighted by Gasteiger charge is -2.37. The van der Waals surface area contributed by atoms with Crippen LogP contribution in [0, 0.1) is 5.82 Å². The number of benzene rings is 1. The average Bonchev–Trinajstić information content (AvgIpc) is 2.62. The minimum absolute atomic E-state index is 0.163. The molecule has 2 heterocycles. The van der Waals surface area contributed by atoms with E-state index in [9.17, 15) is 4.39 Å². The van der Waals surface area contributed by atoms with E-state index in [0.29, 0.717) is 6.04 Å². The molecule has 0 saturated carbocycles. The lowest BCUT2D eigenvalue weighted by atomic mass is 10.0. The zero-order valence-corrected chi connectivity index (χ0v) is 15.0. The lowest BCUT2D eigenvalue weighted by Crippen LogP contribution is -2.43. The molecular formula is C18H23FN4S. The van der Waals surface area contributed by atoms with Gasteiger partial charge in [-0.15, -0.1) is 0 Å². The van der Waals surface area contributed by atoms with Gasteiger partial charge in [-0.2, -0.15) is 0 Å². The molecule has 1 fully saturated rings. The molecule has 1 aromatic carbocycles. The van der Waals surface area contributed by atoms with Crippen LogP contribution in [0.2, 0.25) is 0 Å². The fourth-order valence-electron chi connectivity index (χ4n) is 3.19. The molecule has 0 spiro atoms. The van der Waals surface area contributed by atoms with Crippen LogP contribution >= 0.6 is 11.8 Å². The maximum atomic E-state index is 13.3. The number of hydrogen-bond acceptors (Lipinski definition) is 5. The second-order valence-electron chi connectivity index (χ2n) is 6.16. The Kier molecular flexibility index (Phi) is 5.68. The minimum Gasteiger partial charge on any atom is -0.356 e. The Balaban J connectivity index is 1.56. The summed E-state index contributed by atoms with van der Waals surface area (Å²) >= 11 is 1.57. The third-order valence-electron chi connectivity index (χ3n) is 4.53. The highest BCUT2D eigenvalue weighted by Gasteiger charge is 2.23. The first kappa shape index (κ1) is 17.2. The summed E-state index contributed by atoms with van der Waals surface area (Å²) in [6, 6.07) is 9.38. The number of aromatic nitrogens is 2. The van der Waals surface area contributed by atoms with Crippen molar-refractivity contribution < 1.29 is 4.39 Å². The van der Waals surface area contributed by atoms with Crippen LogP contribution in [0.4, 0.5) is 10.2 Å². The van der Waals surface area contributed by atoms with Crippen molar-refractivity contribution in [2.75, 3.05) is 31.3 Å². The fourth-order valence-corrected chi connectivity index (χ4v) is 3.55. The van der Waals surface area contributed by atoms with Gasteiger partial charge in [0, 0.05) is 31.9 Å². The highest BCUT2D eigenvalue weighted by Crippen LogP contribution is 2.22. The van der Waals surface area contributed by atoms with Gasteiger partial charge in [0.1, 0.15) is 11.6 Å². The first-order valence-electron chi connectivity index (χ1n) is 8.22. The quantitative estimate of drug-likeness (QED) is 0.612. The molecule has 0 atom stereocenters. The number of hydrogen-bond donors (Lipinski definition) is 0. The van der Waals surface area contributed by atoms with E-state index in [1.807, 2.05) is 24.6 Å². The van der Waals surface area contributed by atoms with Gasteiger partial charge in [-0.1, -0.05) is 23.9 Å². The molecule has 0 bridgehead atoms. The number of piperidine rings is 1. The first-order valence-corrected chi connectivity index (χ1v) is 9.45. The predicted octanol–water partition coefficient (Wildman–Crippen LogP) is 3.44. The van der Waals surface area contributed by atoms with Crippen molar-refractivity contribution in [1.82, 2.24) is 14.9 Å². The normalized spacial score (nSPS) is 15.9. The van der Waals surface area contributed by atoms with Gasteiger partial charge in [0.2, 0.25) is 0 Å². The summed E-state index contributed by atoms with van der Waals surface area (Å²) in [4.78, 5) is 13.5. The maximum absolute atomic E-state index is 13.3. The van der Waals surface area contributed by atoms with Crippen molar-refractivity contribution in [3.05, 3.63) is 47.9 Å². The highest BCUT2D eigenvalue weighted by atomic mass is 32.2. The van der Waals surface area contributed by atoms with Gasteiger partial charge >= 0.3 is 0 Å². The zero-order chi connectivity index (χ0) is 16.9. The third-order valence-corrected chi connectivity index (χ3v) is 5.10. The highest BCUT2D eigenvalue weighted by molar-refractivity contribution is 7.98. The summed E-state index contributed by atoms with van der Waals surface area (Å²) in [6.07, 6.45) is 6.00. The largest absolute Gasteiger partial charge is 0.356 e. The van der Waals surface area contributed by atoms with Crippen LogP contribution in [-0.4, -0.2) is 47.3 Å². The molecule has 1 aromatic heterocycles. The smallest absolute Gasteiger partial charge is 0.189 e. The van der Waals surface area contributed by atoms with Gasteiger partial charge in [-0.05, 0) is 49.9 Å². The number of thioether (sulfide) groups is 1. The average molecular weight is 346 g/mol. The van der Waals surface area contributed by atoms with Crippen molar-refractivity contribution >= 4 is 17.6 Å². The standard InChI is InChI=1S/C18H23FN4S/c1-22(13-14-4-3-5-15(19)12-14)16-7-10-23(11-8-16)17-6-9-20-18(21-17)24-2/h3-6,9,12,16H,7-8,10-11,13H2,1-2H3. The van der Waals surface area contributed by atoms with Crippen LogP contribution in [0.3, 0.4) is 0 Å². The van der Waals surface area contributed by atoms with E-state index >= 15 is 0 Å². The maximum Gasteiger partial charge on any atom is 0.189 e. The second kappa shape index (κ2) is 7.94. The monoisotopic (exact) mass is 346 g/mol. The summed E-state index contributed by atoms with van der Waals surface area (Å²) in [5, 5.41) is 0.817. The molecule has 0 radical (unpaired) electrons. The minimum atomic E-state index is -0.163. The van der Waals surface area contributed by atoms with Gasteiger partial charge in [0.25, 0.3) is 0 Å². The van der Waals surface area contributed by atoms with E-state index in [1.54, 1.807) is 23.9 Å². The Labute approximate surface area is 147 Å². The van der Waals surface area contributed by atoms with Gasteiger partial charge in [0.05, 0.1) is 0 Å². The third kappa shape index (κ3) is 4.24. The van der Waals surface area contributed by atoms with Gasteiger partial charge < -0.3 is 4.90 Å². The number of anilines is 1. The van der Waals surface area contributed by atoms with E-state index in [1.165, 1.54) is 6.07 Å². The molecule has 6 heteroatoms. The van der Waals surface area contributed by atoms with Gasteiger partial charge in [-0.25, -0.2) is 14.4 Å². The van der Waals surface area contributed by atoms with Crippen LogP contribution < -0.4 is 4.90 Å². The first-order chi connectivity index (χ1) is 11.7. The summed E-state index contributed by atoms with van der Waals surface area (Å²) < 4.78 is 13.3. The molecule has 1 aliphatic rings. The molecule has 4 nitrogen and oxygen atoms in total. The molecule has 2 aromatic rings. The zero-order valence-electron chi connectivity index (χ0n) is 14.2. The molecule has 24 heavy (non-hydrogen) atoms. The van der Waals surface area contributed by atoms with E-state index in [4.69, 9.17) is 0 Å². The fraction of sp³-hybridized carbons (Fsp3) is 0.444. The summed E-state index contributed by atoms with van der Waals surface area (Å²) in [7, 11) is 2.13. The van der Waals surface area contributed by atoms with Crippen molar-refractivity contribution in [2.45, 2.75) is 30.6 Å². The van der Waals surface area contributed by atoms with E-state index in [2.05, 4.69) is 26.8 Å². The molecule has 3 rings (SSSR count). The van der Waals surface area contributed by atoms with Crippen molar-refractivity contribution in [3.63, 3.8) is 0 Å². The Morgan fingerprint density at radius 2 is 2.08 bits per heavy atom. The van der Waals surface area contributed by atoms with Gasteiger partial charge in [0.15, 0.2) is 5.16 Å². The van der Waals surface area contributed by atoms with Gasteiger partial charge in [-0.3, -0.25) is 4.90 Å². The van der Waals surface area contributed by atoms with E-state index in [-0.39, 0.29) is 5.82 Å². The molecule has 1 aliphatic heterocycles. The van der Waals surface area contributed by atoms with Crippen LogP contribution in [0.1, 0.15) is 18.4 Å². The number of rotatable bonds is 5. The Bertz CT molecular complexity index is 674. The SMILES string of the molecule is CSc1nccc(N2CCC(N(C)Cc3cccc(F)c3)CC2)n1. The number of nitrogens with zero attached hydrogens (tertiary/aromatic N) is 4. The van der Waals surface area contributed by atoms with E-state index < -0.39 is 0 Å². The van der Waals surface area contributed by atoms with Crippen molar-refractivity contribution in [1.29, 1.82) is 0 Å². The van der Waals surface area contributed by atoms with Crippen LogP contribution in [0.15, 0.2) is 41.7 Å². The summed E-state index contributed by atoms with van der Waals surface area (Å²) in [5.41, 5.74) is 1.03. The molecule has 0 N–H and O–H groups in total. The molecule has 0 unspecified atom stereocenters. The molecular weight excluding hydrogens is 323 g/mol. The van der Waals surface area contributed by atoms with E-state index in [0.717, 1.165) is 49.0 Å². The molecule has 128 valence electrons. The Morgan fingerprint density at radius 3 is 2.79 bits per heavy atom. The summed E-state index contributed by atoms with van der Waals surface area (Å²) in [5.74, 6) is 0.852. The molecule has 0 aliphatic carbocycles. The number of halogens is 1. The Morgan fingerprint density at radius 1 is 1.29 bits per heavy atom. The van der Waals surface area contributed by atoms with Crippen molar-refractivity contribution in [2.24, 2.45) is 0 Å². The second-order valence-corrected chi connectivity index (χ2v) is 6.94. The predicted molar refractivity (Wildman–Crippen MR) is 96.9 cm³/mol. The summed E-state index contributed by atoms with van der Waals surface area (Å²) in [6.45, 7) is 2.76. The molecule has 0 amide bonds. The lowest BCUT2D eigenvalue weighted by molar-refractivity contribution is 0.200. The van der Waals surface area contributed by atoms with Crippen LogP contribution in [0.25, 0.3) is 0 Å². The van der Waals surface area contributed by atoms with Crippen molar-refractivity contribution in [3.8, 4) is 0 Å². The topological polar surface area (TPSA) is 32.3 Å².